The van der Waals surface area contributed by atoms with Crippen LogP contribution in [0.4, 0.5) is 24.7 Å². The van der Waals surface area contributed by atoms with E-state index < -0.39 is 41.7 Å². The number of amides is 2. The van der Waals surface area contributed by atoms with Gasteiger partial charge in [0.25, 0.3) is 11.5 Å². The Hall–Kier alpha value is -4.03. The number of aromatic nitrogens is 3. The summed E-state index contributed by atoms with van der Waals surface area (Å²) >= 11 is 1.47. The summed E-state index contributed by atoms with van der Waals surface area (Å²) in [4.78, 5) is 52.2. The number of carbonyl (C=O) groups is 2. The molecule has 7 rings (SSSR count). The summed E-state index contributed by atoms with van der Waals surface area (Å²) < 4.78 is 41.8. The van der Waals surface area contributed by atoms with E-state index in [1.807, 2.05) is 0 Å². The minimum atomic E-state index is -4.83. The Morgan fingerprint density at radius 1 is 1.23 bits per heavy atom. The molecule has 44 heavy (non-hydrogen) atoms. The number of nitrogens with one attached hydrogen (secondary N) is 2. The van der Waals surface area contributed by atoms with Gasteiger partial charge in [0, 0.05) is 23.9 Å². The van der Waals surface area contributed by atoms with E-state index in [0.29, 0.717) is 48.6 Å². The van der Waals surface area contributed by atoms with E-state index in [4.69, 9.17) is 5.26 Å². The van der Waals surface area contributed by atoms with Crippen molar-refractivity contribution in [1.29, 1.82) is 5.26 Å². The van der Waals surface area contributed by atoms with Crippen molar-refractivity contribution >= 4 is 44.9 Å². The van der Waals surface area contributed by atoms with E-state index >= 15 is 0 Å². The number of aliphatic hydroxyl groups is 1. The molecule has 1 saturated carbocycles. The molecule has 0 aromatic carbocycles. The highest BCUT2D eigenvalue weighted by Crippen LogP contribution is 2.48. The largest absolute Gasteiger partial charge is 0.417 e. The number of fused-ring (bicyclic) bond motifs is 5. The van der Waals surface area contributed by atoms with Crippen LogP contribution in [0.3, 0.4) is 0 Å². The van der Waals surface area contributed by atoms with E-state index in [1.54, 1.807) is 11.8 Å². The number of nitrogens with zero attached hydrogens (tertiary/aromatic N) is 5. The standard InChI is InChI=1S/C29H28F3N7O4S/c1-14-8-18(26(42)39-21(14)23(40)37-28(39)6-4-27(43,5-7-28)29(30,31)32)36-22-20-17-3-2-16(25(41)38-11-15(10-33)12-38)9-19(17)44-24(20)35-13-34-22/h8,13,15-16,43H,2-7,9,11-12H2,1H3,(H,37,40)(H,34,35,36)/t16-,27-,28+/m0/s1. The van der Waals surface area contributed by atoms with Gasteiger partial charge in [-0.1, -0.05) is 0 Å². The Morgan fingerprint density at radius 3 is 2.64 bits per heavy atom. The molecule has 11 nitrogen and oxygen atoms in total. The van der Waals surface area contributed by atoms with Crippen molar-refractivity contribution in [2.45, 2.75) is 69.3 Å². The van der Waals surface area contributed by atoms with Crippen molar-refractivity contribution in [2.75, 3.05) is 18.4 Å². The fourth-order valence-corrected chi connectivity index (χ4v) is 8.37. The van der Waals surface area contributed by atoms with E-state index in [1.165, 1.54) is 28.3 Å². The number of alkyl halides is 3. The number of rotatable bonds is 3. The van der Waals surface area contributed by atoms with Crippen LogP contribution in [0.25, 0.3) is 10.2 Å². The molecule has 0 unspecified atom stereocenters. The van der Waals surface area contributed by atoms with Gasteiger partial charge in [-0.15, -0.1) is 11.3 Å². The van der Waals surface area contributed by atoms with Gasteiger partial charge < -0.3 is 20.6 Å². The highest BCUT2D eigenvalue weighted by Gasteiger charge is 2.59. The fraction of sp³-hybridized carbons (Fsp3) is 0.517. The summed E-state index contributed by atoms with van der Waals surface area (Å²) in [7, 11) is 0. The van der Waals surface area contributed by atoms with E-state index in [0.717, 1.165) is 15.8 Å². The molecule has 15 heteroatoms. The Balaban J connectivity index is 1.20. The summed E-state index contributed by atoms with van der Waals surface area (Å²) in [6.45, 7) is 2.58. The number of anilines is 2. The smallest absolute Gasteiger partial charge is 0.380 e. The van der Waals surface area contributed by atoms with Gasteiger partial charge in [0.05, 0.1) is 17.4 Å². The molecule has 1 saturated heterocycles. The Morgan fingerprint density at radius 2 is 1.95 bits per heavy atom. The maximum absolute atomic E-state index is 13.9. The molecule has 0 radical (unpaired) electrons. The first-order chi connectivity index (χ1) is 20.8. The van der Waals surface area contributed by atoms with Crippen LogP contribution < -0.4 is 16.2 Å². The molecule has 3 aromatic rings. The molecule has 1 atom stereocenters. The first kappa shape index (κ1) is 28.7. The SMILES string of the molecule is Cc1cc(Nc2ncnc3sc4c(c23)CC[C@H](C(=O)N2CC(C#N)C2)C4)c(=O)n2c1C(=O)N[C@]21CC[C@@](O)(C(F)(F)F)CC1. The van der Waals surface area contributed by atoms with E-state index in [-0.39, 0.29) is 42.0 Å². The van der Waals surface area contributed by atoms with Gasteiger partial charge in [-0.2, -0.15) is 18.4 Å². The first-order valence-electron chi connectivity index (χ1n) is 14.4. The normalized spacial score (nSPS) is 26.6. The van der Waals surface area contributed by atoms with E-state index in [2.05, 4.69) is 26.7 Å². The average molecular weight is 628 g/mol. The van der Waals surface area contributed by atoms with Gasteiger partial charge in [-0.25, -0.2) is 9.97 Å². The topological polar surface area (TPSA) is 153 Å². The summed E-state index contributed by atoms with van der Waals surface area (Å²) in [6, 6.07) is 3.72. The van der Waals surface area contributed by atoms with Gasteiger partial charge in [-0.05, 0) is 69.1 Å². The Bertz CT molecular complexity index is 1830. The van der Waals surface area contributed by atoms with Crippen molar-refractivity contribution in [3.8, 4) is 6.07 Å². The van der Waals surface area contributed by atoms with Crippen molar-refractivity contribution in [2.24, 2.45) is 11.8 Å². The lowest BCUT2D eigenvalue weighted by molar-refractivity contribution is -0.275. The van der Waals surface area contributed by atoms with Gasteiger partial charge >= 0.3 is 6.18 Å². The number of carbonyl (C=O) groups excluding carboxylic acids is 2. The molecule has 230 valence electrons. The Labute approximate surface area is 252 Å². The van der Waals surface area contributed by atoms with Crippen LogP contribution in [-0.4, -0.2) is 61.2 Å². The summed E-state index contributed by atoms with van der Waals surface area (Å²) in [5.74, 6) is -0.404. The lowest BCUT2D eigenvalue weighted by Gasteiger charge is -2.43. The number of aryl methyl sites for hydroxylation is 2. The third-order valence-electron chi connectivity index (χ3n) is 9.64. The highest BCUT2D eigenvalue weighted by molar-refractivity contribution is 7.19. The maximum atomic E-state index is 13.9. The number of halogens is 3. The van der Waals surface area contributed by atoms with Crippen molar-refractivity contribution < 1.29 is 27.9 Å². The van der Waals surface area contributed by atoms with E-state index in [9.17, 15) is 32.7 Å². The number of hydrogen-bond donors (Lipinski definition) is 3. The van der Waals surface area contributed by atoms with Crippen molar-refractivity contribution in [3.63, 3.8) is 0 Å². The third-order valence-corrected chi connectivity index (χ3v) is 10.8. The molecule has 0 bridgehead atoms. The van der Waals surface area contributed by atoms with Gasteiger partial charge in [-0.3, -0.25) is 19.0 Å². The third kappa shape index (κ3) is 4.21. The number of likely N-dealkylation sites (tertiary alicyclic amines) is 1. The molecule has 1 spiro atoms. The number of thiophene rings is 1. The zero-order valence-corrected chi connectivity index (χ0v) is 24.4. The highest BCUT2D eigenvalue weighted by atomic mass is 32.1. The molecule has 2 aliphatic carbocycles. The quantitative estimate of drug-likeness (QED) is 0.400. The first-order valence-corrected chi connectivity index (χ1v) is 15.3. The second-order valence-corrected chi connectivity index (χ2v) is 13.4. The van der Waals surface area contributed by atoms with Crippen LogP contribution in [0.1, 0.15) is 58.6 Å². The summed E-state index contributed by atoms with van der Waals surface area (Å²) in [5.41, 5.74) is -3.22. The lowest BCUT2D eigenvalue weighted by Crippen LogP contribution is -2.57. The van der Waals surface area contributed by atoms with Crippen LogP contribution in [-0.2, 0) is 23.3 Å². The monoisotopic (exact) mass is 627 g/mol. The zero-order chi connectivity index (χ0) is 31.2. The van der Waals surface area contributed by atoms with Crippen molar-refractivity contribution in [3.05, 3.63) is 44.4 Å². The van der Waals surface area contributed by atoms with Crippen LogP contribution in [0.15, 0.2) is 17.2 Å². The minimum Gasteiger partial charge on any atom is -0.380 e. The summed E-state index contributed by atoms with van der Waals surface area (Å²) in [5, 5.41) is 25.9. The van der Waals surface area contributed by atoms with Crippen LogP contribution >= 0.6 is 11.3 Å². The van der Waals surface area contributed by atoms with Gasteiger partial charge in [0.15, 0.2) is 5.60 Å². The van der Waals surface area contributed by atoms with Crippen molar-refractivity contribution in [1.82, 2.24) is 24.8 Å². The second kappa shape index (κ2) is 9.73. The van der Waals surface area contributed by atoms with Crippen LogP contribution in [0.5, 0.6) is 0 Å². The van der Waals surface area contributed by atoms with Crippen LogP contribution in [0.2, 0.25) is 0 Å². The summed E-state index contributed by atoms with van der Waals surface area (Å²) in [6.07, 6.45) is -3.53. The molecule has 2 amide bonds. The fourth-order valence-electron chi connectivity index (χ4n) is 7.10. The average Bonchev–Trinajstić information content (AvgIpc) is 3.47. The zero-order valence-electron chi connectivity index (χ0n) is 23.6. The molecular weight excluding hydrogens is 599 g/mol. The molecule has 3 N–H and O–H groups in total. The number of pyridine rings is 1. The predicted octanol–water partition coefficient (Wildman–Crippen LogP) is 3.26. The molecule has 5 heterocycles. The van der Waals surface area contributed by atoms with Gasteiger partial charge in [0.2, 0.25) is 5.91 Å². The predicted molar refractivity (Wildman–Crippen MR) is 152 cm³/mol. The van der Waals surface area contributed by atoms with Gasteiger partial charge in [0.1, 0.15) is 34.0 Å². The molecular formula is C29H28F3N7O4S. The Kier molecular flexibility index (Phi) is 6.36. The minimum absolute atomic E-state index is 0.0548. The molecule has 2 fully saturated rings. The second-order valence-electron chi connectivity index (χ2n) is 12.3. The molecule has 4 aliphatic rings. The molecule has 3 aromatic heterocycles. The van der Waals surface area contributed by atoms with Crippen LogP contribution in [0, 0.1) is 30.1 Å². The number of nitriles is 1. The lowest BCUT2D eigenvalue weighted by atomic mass is 9.78. The number of hydrogen-bond acceptors (Lipinski definition) is 9. The molecule has 2 aliphatic heterocycles. The maximum Gasteiger partial charge on any atom is 0.417 e.